The predicted octanol–water partition coefficient (Wildman–Crippen LogP) is 4.23. The van der Waals surface area contributed by atoms with Gasteiger partial charge in [-0.2, -0.15) is 11.8 Å². The zero-order valence-electron chi connectivity index (χ0n) is 12.9. The lowest BCUT2D eigenvalue weighted by Crippen LogP contribution is -2.14. The molecule has 0 atom stereocenters. The molecular weight excluding hydrogens is 254 g/mol. The highest BCUT2D eigenvalue weighted by Gasteiger charge is 2.13. The standard InChI is InChI=1S/C16H27NOS/c1-6-9-17-11-13-7-8-15(18-5)14(10-13)12-19-16(2,3)4/h7-8,10,17H,6,9,11-12H2,1-5H3. The molecule has 0 bridgehead atoms. The minimum absolute atomic E-state index is 0.279. The van der Waals surface area contributed by atoms with E-state index in [4.69, 9.17) is 4.74 Å². The fourth-order valence-corrected chi connectivity index (χ4v) is 2.57. The molecule has 1 aromatic rings. The van der Waals surface area contributed by atoms with Gasteiger partial charge < -0.3 is 10.1 Å². The van der Waals surface area contributed by atoms with E-state index in [1.54, 1.807) is 7.11 Å². The summed E-state index contributed by atoms with van der Waals surface area (Å²) in [5, 5.41) is 3.44. The maximum Gasteiger partial charge on any atom is 0.122 e. The summed E-state index contributed by atoms with van der Waals surface area (Å²) in [5.74, 6) is 1.99. The second-order valence-corrected chi connectivity index (χ2v) is 7.53. The molecule has 19 heavy (non-hydrogen) atoms. The SMILES string of the molecule is CCCNCc1ccc(OC)c(CSC(C)(C)C)c1. The van der Waals surface area contributed by atoms with Crippen molar-refractivity contribution in [1.82, 2.24) is 5.32 Å². The van der Waals surface area contributed by atoms with Crippen LogP contribution in [-0.4, -0.2) is 18.4 Å². The molecule has 2 nitrogen and oxygen atoms in total. The van der Waals surface area contributed by atoms with Crippen molar-refractivity contribution >= 4 is 11.8 Å². The predicted molar refractivity (Wildman–Crippen MR) is 86.0 cm³/mol. The molecule has 1 rings (SSSR count). The minimum Gasteiger partial charge on any atom is -0.496 e. The first-order valence-electron chi connectivity index (χ1n) is 6.96. The summed E-state index contributed by atoms with van der Waals surface area (Å²) in [4.78, 5) is 0. The molecule has 0 heterocycles. The lowest BCUT2D eigenvalue weighted by Gasteiger charge is -2.19. The Labute approximate surface area is 122 Å². The van der Waals surface area contributed by atoms with E-state index in [1.165, 1.54) is 17.5 Å². The van der Waals surface area contributed by atoms with Crippen molar-refractivity contribution in [1.29, 1.82) is 0 Å². The average molecular weight is 281 g/mol. The van der Waals surface area contributed by atoms with Crippen LogP contribution in [0.3, 0.4) is 0 Å². The molecule has 0 spiro atoms. The monoisotopic (exact) mass is 281 g/mol. The normalized spacial score (nSPS) is 11.6. The lowest BCUT2D eigenvalue weighted by atomic mass is 10.1. The van der Waals surface area contributed by atoms with Gasteiger partial charge >= 0.3 is 0 Å². The first kappa shape index (κ1) is 16.4. The van der Waals surface area contributed by atoms with E-state index >= 15 is 0 Å². The molecule has 0 saturated carbocycles. The number of thioether (sulfide) groups is 1. The minimum atomic E-state index is 0.279. The summed E-state index contributed by atoms with van der Waals surface area (Å²) in [6.45, 7) is 10.9. The van der Waals surface area contributed by atoms with E-state index in [2.05, 4.69) is 51.2 Å². The van der Waals surface area contributed by atoms with Crippen LogP contribution in [-0.2, 0) is 12.3 Å². The Morgan fingerprint density at radius 1 is 1.26 bits per heavy atom. The molecule has 0 amide bonds. The fraction of sp³-hybridized carbons (Fsp3) is 0.625. The van der Waals surface area contributed by atoms with Crippen molar-refractivity contribution < 1.29 is 4.74 Å². The highest BCUT2D eigenvalue weighted by molar-refractivity contribution is 7.99. The van der Waals surface area contributed by atoms with Crippen molar-refractivity contribution in [2.75, 3.05) is 13.7 Å². The van der Waals surface area contributed by atoms with Crippen LogP contribution in [0.1, 0.15) is 45.2 Å². The summed E-state index contributed by atoms with van der Waals surface area (Å²) in [6, 6.07) is 6.49. The highest BCUT2D eigenvalue weighted by Crippen LogP contribution is 2.31. The molecule has 0 aromatic heterocycles. The Bertz CT molecular complexity index is 385. The number of benzene rings is 1. The molecule has 0 aliphatic carbocycles. The maximum atomic E-state index is 5.46. The second-order valence-electron chi connectivity index (χ2n) is 5.72. The van der Waals surface area contributed by atoms with Gasteiger partial charge in [-0.05, 0) is 30.7 Å². The van der Waals surface area contributed by atoms with Gasteiger partial charge in [-0.1, -0.05) is 33.8 Å². The lowest BCUT2D eigenvalue weighted by molar-refractivity contribution is 0.411. The molecule has 0 saturated heterocycles. The van der Waals surface area contributed by atoms with Crippen molar-refractivity contribution in [2.45, 2.75) is 51.2 Å². The van der Waals surface area contributed by atoms with Crippen LogP contribution in [0.5, 0.6) is 5.75 Å². The number of ether oxygens (including phenoxy) is 1. The van der Waals surface area contributed by atoms with E-state index in [1.807, 2.05) is 11.8 Å². The van der Waals surface area contributed by atoms with Crippen LogP contribution in [0.2, 0.25) is 0 Å². The summed E-state index contributed by atoms with van der Waals surface area (Å²) in [6.07, 6.45) is 1.17. The first-order chi connectivity index (χ1) is 8.96. The van der Waals surface area contributed by atoms with Crippen LogP contribution in [0, 0.1) is 0 Å². The molecule has 0 fully saturated rings. The number of rotatable bonds is 7. The Hall–Kier alpha value is -0.670. The van der Waals surface area contributed by atoms with E-state index in [0.29, 0.717) is 0 Å². The van der Waals surface area contributed by atoms with Crippen LogP contribution >= 0.6 is 11.8 Å². The smallest absolute Gasteiger partial charge is 0.122 e. The number of nitrogens with one attached hydrogen (secondary N) is 1. The summed E-state index contributed by atoms with van der Waals surface area (Å²) >= 11 is 1.95. The van der Waals surface area contributed by atoms with Gasteiger partial charge in [0.05, 0.1) is 7.11 Å². The summed E-state index contributed by atoms with van der Waals surface area (Å²) in [7, 11) is 1.75. The van der Waals surface area contributed by atoms with Crippen LogP contribution in [0.15, 0.2) is 18.2 Å². The van der Waals surface area contributed by atoms with Gasteiger partial charge in [0.1, 0.15) is 5.75 Å². The quantitative estimate of drug-likeness (QED) is 0.756. The average Bonchev–Trinajstić information content (AvgIpc) is 2.36. The third kappa shape index (κ3) is 6.35. The molecule has 108 valence electrons. The van der Waals surface area contributed by atoms with E-state index in [0.717, 1.165) is 24.6 Å². The number of hydrogen-bond donors (Lipinski definition) is 1. The van der Waals surface area contributed by atoms with Gasteiger partial charge in [-0.25, -0.2) is 0 Å². The third-order valence-corrected chi connectivity index (χ3v) is 4.08. The van der Waals surface area contributed by atoms with Gasteiger partial charge in [-0.3, -0.25) is 0 Å². The third-order valence-electron chi connectivity index (χ3n) is 2.76. The molecular formula is C16H27NOS. The fourth-order valence-electron chi connectivity index (χ4n) is 1.76. The number of hydrogen-bond acceptors (Lipinski definition) is 3. The van der Waals surface area contributed by atoms with E-state index < -0.39 is 0 Å². The molecule has 0 aliphatic rings. The van der Waals surface area contributed by atoms with Gasteiger partial charge in [0.15, 0.2) is 0 Å². The Balaban J connectivity index is 2.72. The first-order valence-corrected chi connectivity index (χ1v) is 7.95. The van der Waals surface area contributed by atoms with Gasteiger partial charge in [0.2, 0.25) is 0 Å². The van der Waals surface area contributed by atoms with Crippen LogP contribution in [0.4, 0.5) is 0 Å². The van der Waals surface area contributed by atoms with Crippen LogP contribution < -0.4 is 10.1 Å². The Kier molecular flexibility index (Phi) is 6.73. The summed E-state index contributed by atoms with van der Waals surface area (Å²) < 4.78 is 5.74. The van der Waals surface area contributed by atoms with Gasteiger partial charge in [0.25, 0.3) is 0 Å². The highest BCUT2D eigenvalue weighted by atomic mass is 32.2. The molecule has 1 aromatic carbocycles. The zero-order valence-corrected chi connectivity index (χ0v) is 13.7. The Morgan fingerprint density at radius 3 is 2.58 bits per heavy atom. The zero-order chi connectivity index (χ0) is 14.3. The van der Waals surface area contributed by atoms with E-state index in [9.17, 15) is 0 Å². The largest absolute Gasteiger partial charge is 0.496 e. The summed E-state index contributed by atoms with van der Waals surface area (Å²) in [5.41, 5.74) is 2.62. The van der Waals surface area contributed by atoms with Crippen molar-refractivity contribution in [3.63, 3.8) is 0 Å². The maximum absolute atomic E-state index is 5.46. The molecule has 0 unspecified atom stereocenters. The van der Waals surface area contributed by atoms with E-state index in [-0.39, 0.29) is 4.75 Å². The second kappa shape index (κ2) is 7.81. The van der Waals surface area contributed by atoms with Crippen molar-refractivity contribution in [2.24, 2.45) is 0 Å². The van der Waals surface area contributed by atoms with Gasteiger partial charge in [-0.15, -0.1) is 0 Å². The van der Waals surface area contributed by atoms with Gasteiger partial charge in [0, 0.05) is 22.6 Å². The number of methoxy groups -OCH3 is 1. The molecule has 1 N–H and O–H groups in total. The molecule has 0 aliphatic heterocycles. The molecule has 0 radical (unpaired) electrons. The van der Waals surface area contributed by atoms with Crippen molar-refractivity contribution in [3.05, 3.63) is 29.3 Å². The molecule has 3 heteroatoms. The Morgan fingerprint density at radius 2 is 2.00 bits per heavy atom. The topological polar surface area (TPSA) is 21.3 Å². The van der Waals surface area contributed by atoms with Crippen molar-refractivity contribution in [3.8, 4) is 5.75 Å². The van der Waals surface area contributed by atoms with Crippen LogP contribution in [0.25, 0.3) is 0 Å².